The van der Waals surface area contributed by atoms with Crippen molar-refractivity contribution in [3.05, 3.63) is 95.2 Å². The Labute approximate surface area is 213 Å². The summed E-state index contributed by atoms with van der Waals surface area (Å²) in [5, 5.41) is 6.34. The van der Waals surface area contributed by atoms with Crippen LogP contribution in [0.25, 0.3) is 0 Å². The molecule has 2 amide bonds. The van der Waals surface area contributed by atoms with Gasteiger partial charge in [-0.3, -0.25) is 4.79 Å². The number of rotatable bonds is 8. The zero-order chi connectivity index (χ0) is 24.5. The zero-order valence-electron chi connectivity index (χ0n) is 20.1. The molecule has 0 unspecified atom stereocenters. The number of carbonyl (C=O) groups excluding carboxylic acids is 2. The number of benzene rings is 2. The van der Waals surface area contributed by atoms with Gasteiger partial charge in [-0.05, 0) is 54.5 Å². The van der Waals surface area contributed by atoms with Gasteiger partial charge in [0, 0.05) is 37.9 Å². The summed E-state index contributed by atoms with van der Waals surface area (Å²) in [6, 6.07) is 21.4. The molecule has 0 aliphatic carbocycles. The molecule has 1 aliphatic rings. The monoisotopic (exact) mass is 488 g/mol. The van der Waals surface area contributed by atoms with E-state index in [2.05, 4.69) is 34.7 Å². The number of amides is 2. The fourth-order valence-corrected chi connectivity index (χ4v) is 4.13. The second kappa shape index (κ2) is 13.3. The Morgan fingerprint density at radius 1 is 1.03 bits per heavy atom. The van der Waals surface area contributed by atoms with Crippen LogP contribution in [0.15, 0.2) is 72.9 Å². The Hall–Kier alpha value is -3.87. The molecule has 0 atom stereocenters. The van der Waals surface area contributed by atoms with Crippen LogP contribution in [0, 0.1) is 12.8 Å². The van der Waals surface area contributed by atoms with Crippen molar-refractivity contribution in [3.63, 3.8) is 0 Å². The highest BCUT2D eigenvalue weighted by Crippen LogP contribution is 2.18. The molecule has 0 saturated carbocycles. The van der Waals surface area contributed by atoms with E-state index >= 15 is 0 Å². The Morgan fingerprint density at radius 3 is 2.50 bits per heavy atom. The predicted molar refractivity (Wildman–Crippen MR) is 143 cm³/mol. The highest BCUT2D eigenvalue weighted by Gasteiger charge is 2.24. The van der Waals surface area contributed by atoms with Gasteiger partial charge in [-0.15, -0.1) is 0 Å². The molecule has 2 heterocycles. The van der Waals surface area contributed by atoms with E-state index in [4.69, 9.17) is 4.74 Å². The highest BCUT2D eigenvalue weighted by atomic mass is 16.6. The molecule has 2 aromatic carbocycles. The number of aromatic nitrogens is 1. The van der Waals surface area contributed by atoms with Gasteiger partial charge < -0.3 is 20.3 Å². The zero-order valence-corrected chi connectivity index (χ0v) is 20.1. The van der Waals surface area contributed by atoms with Crippen LogP contribution in [0.1, 0.15) is 47.3 Å². The molecule has 0 bridgehead atoms. The number of pyridine rings is 1. The van der Waals surface area contributed by atoms with Crippen LogP contribution < -0.4 is 10.6 Å². The normalized spacial score (nSPS) is 13.4. The standard InChI is InChI=1S/C28H32N4O3.CH4/c1-21-7-5-6-10-25(21)19-30-26-17-24(11-14-29-26)27(33)31-18-22-12-15-32(16-13-22)28(34)35-20-23-8-3-2-4-9-23;/h2-11,14,17,22H,12-13,15-16,18-20H2,1H3,(H,29,30)(H,31,33);1H4. The van der Waals surface area contributed by atoms with E-state index in [1.54, 1.807) is 23.2 Å². The lowest BCUT2D eigenvalue weighted by molar-refractivity contribution is 0.0801. The first kappa shape index (κ1) is 26.7. The van der Waals surface area contributed by atoms with Crippen molar-refractivity contribution in [1.82, 2.24) is 15.2 Å². The third-order valence-corrected chi connectivity index (χ3v) is 6.37. The second-order valence-electron chi connectivity index (χ2n) is 8.89. The summed E-state index contributed by atoms with van der Waals surface area (Å²) in [7, 11) is 0. The van der Waals surface area contributed by atoms with E-state index in [0.29, 0.717) is 43.5 Å². The lowest BCUT2D eigenvalue weighted by Gasteiger charge is -2.31. The SMILES string of the molecule is C.Cc1ccccc1CNc1cc(C(=O)NCC2CCN(C(=O)OCc3ccccc3)CC2)ccn1. The number of hydrogen-bond acceptors (Lipinski definition) is 5. The highest BCUT2D eigenvalue weighted by molar-refractivity contribution is 5.94. The van der Waals surface area contributed by atoms with Gasteiger partial charge in [0.1, 0.15) is 12.4 Å². The molecule has 1 fully saturated rings. The average Bonchev–Trinajstić information content (AvgIpc) is 2.91. The first-order valence-electron chi connectivity index (χ1n) is 12.1. The van der Waals surface area contributed by atoms with Crippen LogP contribution in [0.3, 0.4) is 0 Å². The van der Waals surface area contributed by atoms with Gasteiger partial charge >= 0.3 is 6.09 Å². The number of anilines is 1. The van der Waals surface area contributed by atoms with Crippen LogP contribution in [-0.2, 0) is 17.9 Å². The molecule has 36 heavy (non-hydrogen) atoms. The maximum absolute atomic E-state index is 12.7. The van der Waals surface area contributed by atoms with E-state index in [1.165, 1.54) is 11.1 Å². The minimum atomic E-state index is -0.279. The van der Waals surface area contributed by atoms with Gasteiger partial charge in [0.25, 0.3) is 5.91 Å². The van der Waals surface area contributed by atoms with Gasteiger partial charge in [0.05, 0.1) is 0 Å². The number of hydrogen-bond donors (Lipinski definition) is 2. The first-order valence-corrected chi connectivity index (χ1v) is 12.1. The number of piperidine rings is 1. The van der Waals surface area contributed by atoms with Crippen molar-refractivity contribution in [1.29, 1.82) is 0 Å². The van der Waals surface area contributed by atoms with Gasteiger partial charge in [-0.2, -0.15) is 0 Å². The van der Waals surface area contributed by atoms with E-state index in [0.717, 1.165) is 18.4 Å². The van der Waals surface area contributed by atoms with Crippen molar-refractivity contribution >= 4 is 17.8 Å². The van der Waals surface area contributed by atoms with Crippen LogP contribution in [0.5, 0.6) is 0 Å². The quantitative estimate of drug-likeness (QED) is 0.443. The van der Waals surface area contributed by atoms with Crippen molar-refractivity contribution in [2.75, 3.05) is 25.0 Å². The Morgan fingerprint density at radius 2 is 1.75 bits per heavy atom. The lowest BCUT2D eigenvalue weighted by atomic mass is 9.97. The lowest BCUT2D eigenvalue weighted by Crippen LogP contribution is -2.41. The summed E-state index contributed by atoms with van der Waals surface area (Å²) in [4.78, 5) is 31.1. The summed E-state index contributed by atoms with van der Waals surface area (Å²) in [5.41, 5.74) is 3.96. The van der Waals surface area contributed by atoms with E-state index < -0.39 is 0 Å². The third-order valence-electron chi connectivity index (χ3n) is 6.37. The maximum Gasteiger partial charge on any atom is 0.410 e. The second-order valence-corrected chi connectivity index (χ2v) is 8.89. The molecule has 2 N–H and O–H groups in total. The van der Waals surface area contributed by atoms with E-state index in [9.17, 15) is 9.59 Å². The van der Waals surface area contributed by atoms with E-state index in [-0.39, 0.29) is 26.0 Å². The molecule has 0 radical (unpaired) electrons. The minimum absolute atomic E-state index is 0. The van der Waals surface area contributed by atoms with E-state index in [1.807, 2.05) is 42.5 Å². The number of likely N-dealkylation sites (tertiary alicyclic amines) is 1. The first-order chi connectivity index (χ1) is 17.1. The average molecular weight is 489 g/mol. The molecule has 4 rings (SSSR count). The Kier molecular flexibility index (Phi) is 9.86. The van der Waals surface area contributed by atoms with Gasteiger partial charge in [-0.25, -0.2) is 9.78 Å². The number of carbonyl (C=O) groups is 2. The van der Waals surface area contributed by atoms with Gasteiger partial charge in [-0.1, -0.05) is 62.0 Å². The summed E-state index contributed by atoms with van der Waals surface area (Å²) in [5.74, 6) is 0.886. The summed E-state index contributed by atoms with van der Waals surface area (Å²) in [6.07, 6.45) is 3.04. The Bertz CT molecular complexity index is 1130. The molecule has 1 saturated heterocycles. The van der Waals surface area contributed by atoms with Crippen molar-refractivity contribution in [2.45, 2.75) is 40.3 Å². The third kappa shape index (κ3) is 7.57. The fraction of sp³-hybridized carbons (Fsp3) is 0.345. The summed E-state index contributed by atoms with van der Waals surface area (Å²) < 4.78 is 5.43. The minimum Gasteiger partial charge on any atom is -0.445 e. The van der Waals surface area contributed by atoms with Gasteiger partial charge in [0.15, 0.2) is 0 Å². The molecule has 1 aliphatic heterocycles. The van der Waals surface area contributed by atoms with Gasteiger partial charge in [0.2, 0.25) is 0 Å². The number of nitrogens with zero attached hydrogens (tertiary/aromatic N) is 2. The molecule has 7 heteroatoms. The van der Waals surface area contributed by atoms with Crippen LogP contribution >= 0.6 is 0 Å². The predicted octanol–water partition coefficient (Wildman–Crippen LogP) is 5.42. The number of ether oxygens (including phenoxy) is 1. The largest absolute Gasteiger partial charge is 0.445 e. The molecule has 1 aromatic heterocycles. The van der Waals surface area contributed by atoms with Crippen LogP contribution in [-0.4, -0.2) is 41.5 Å². The molecule has 0 spiro atoms. The smallest absolute Gasteiger partial charge is 0.410 e. The summed E-state index contributed by atoms with van der Waals surface area (Å²) in [6.45, 7) is 4.86. The maximum atomic E-state index is 12.7. The topological polar surface area (TPSA) is 83.6 Å². The molecule has 7 nitrogen and oxygen atoms in total. The Balaban J connectivity index is 0.00000361. The van der Waals surface area contributed by atoms with Crippen molar-refractivity contribution < 1.29 is 14.3 Å². The molecule has 3 aromatic rings. The number of aryl methyl sites for hydroxylation is 1. The van der Waals surface area contributed by atoms with Crippen molar-refractivity contribution in [2.24, 2.45) is 5.92 Å². The molecular weight excluding hydrogens is 452 g/mol. The fourth-order valence-electron chi connectivity index (χ4n) is 4.13. The molecular formula is C29H36N4O3. The van der Waals surface area contributed by atoms with Crippen LogP contribution in [0.4, 0.5) is 10.6 Å². The molecule has 190 valence electrons. The summed E-state index contributed by atoms with van der Waals surface area (Å²) >= 11 is 0. The number of nitrogens with one attached hydrogen (secondary N) is 2. The van der Waals surface area contributed by atoms with Crippen LogP contribution in [0.2, 0.25) is 0 Å². The van der Waals surface area contributed by atoms with Crippen molar-refractivity contribution in [3.8, 4) is 0 Å².